The van der Waals surface area contributed by atoms with Gasteiger partial charge in [-0.1, -0.05) is 34.6 Å². The average molecular weight is 496 g/mol. The predicted molar refractivity (Wildman–Crippen MR) is 89.7 cm³/mol. The van der Waals surface area contributed by atoms with Gasteiger partial charge in [0.15, 0.2) is 0 Å². The van der Waals surface area contributed by atoms with Crippen LogP contribution in [-0.4, -0.2) is 41.4 Å². The average Bonchev–Trinajstić information content (AvgIpc) is 2.52. The van der Waals surface area contributed by atoms with E-state index in [0.29, 0.717) is 0 Å². The Morgan fingerprint density at radius 1 is 0.517 bits per heavy atom. The zero-order chi connectivity index (χ0) is 23.8. The Balaban J connectivity index is -0.0000000896. The first-order valence-electron chi connectivity index (χ1n) is 8.19. The molecule has 0 aromatic heterocycles. The normalized spacial score (nSPS) is 11.8. The number of ketones is 3. The van der Waals surface area contributed by atoms with Crippen molar-refractivity contribution in [3.63, 3.8) is 0 Å². The summed E-state index contributed by atoms with van der Waals surface area (Å²) in [6.07, 6.45) is -0.417. The SMILES string of the molecule is CC(=O)C(C)C(=O)[O-].CC(=O)C(C)C(=O)[O-].CC(=O)C(C)C(=O)[O-].CC(C)[O-].[Zr+4]. The molecule has 0 aliphatic heterocycles. The van der Waals surface area contributed by atoms with Crippen LogP contribution in [0.2, 0.25) is 0 Å². The fourth-order valence-electron chi connectivity index (χ4n) is 0.498. The second kappa shape index (κ2) is 21.0. The molecule has 3 atom stereocenters. The van der Waals surface area contributed by atoms with E-state index in [9.17, 15) is 49.2 Å². The van der Waals surface area contributed by atoms with Gasteiger partial charge in [-0.3, -0.25) is 14.4 Å². The minimum atomic E-state index is -1.31. The molecule has 164 valence electrons. The van der Waals surface area contributed by atoms with E-state index in [1.54, 1.807) is 13.8 Å². The molecule has 0 aliphatic rings. The molecule has 29 heavy (non-hydrogen) atoms. The van der Waals surface area contributed by atoms with Crippen molar-refractivity contribution in [3.05, 3.63) is 0 Å². The van der Waals surface area contributed by atoms with Crippen molar-refractivity contribution in [1.29, 1.82) is 0 Å². The van der Waals surface area contributed by atoms with Gasteiger partial charge in [-0.2, -0.15) is 0 Å². The summed E-state index contributed by atoms with van der Waals surface area (Å²) in [5.41, 5.74) is 0. The molecule has 0 radical (unpaired) electrons. The fourth-order valence-corrected chi connectivity index (χ4v) is 0.498. The summed E-state index contributed by atoms with van der Waals surface area (Å²) < 4.78 is 0. The van der Waals surface area contributed by atoms with Crippen molar-refractivity contribution in [3.8, 4) is 0 Å². The van der Waals surface area contributed by atoms with Crippen molar-refractivity contribution in [2.75, 3.05) is 0 Å². The minimum absolute atomic E-state index is 0. The number of Topliss-reactive ketones (excluding diaryl/α,β-unsaturated/α-hetero) is 3. The van der Waals surface area contributed by atoms with Crippen molar-refractivity contribution in [1.82, 2.24) is 0 Å². The zero-order valence-corrected chi connectivity index (χ0v) is 20.3. The number of hydrogen-bond donors (Lipinski definition) is 0. The van der Waals surface area contributed by atoms with Crippen LogP contribution in [0, 0.1) is 17.8 Å². The smallest absolute Gasteiger partial charge is 0.852 e. The van der Waals surface area contributed by atoms with E-state index in [0.717, 1.165) is 0 Å². The maximum atomic E-state index is 10.2. The van der Waals surface area contributed by atoms with Crippen LogP contribution in [0.15, 0.2) is 0 Å². The van der Waals surface area contributed by atoms with E-state index in [-0.39, 0.29) is 43.6 Å². The Morgan fingerprint density at radius 2 is 0.621 bits per heavy atom. The van der Waals surface area contributed by atoms with Crippen LogP contribution in [0.3, 0.4) is 0 Å². The van der Waals surface area contributed by atoms with E-state index in [1.165, 1.54) is 41.5 Å². The number of carboxylic acid groups (broad SMARTS) is 3. The summed E-state index contributed by atoms with van der Waals surface area (Å²) in [7, 11) is 0. The zero-order valence-electron chi connectivity index (χ0n) is 17.9. The van der Waals surface area contributed by atoms with Crippen molar-refractivity contribution in [2.24, 2.45) is 17.8 Å². The van der Waals surface area contributed by atoms with Crippen LogP contribution in [0.25, 0.3) is 0 Å². The topological polar surface area (TPSA) is 195 Å². The van der Waals surface area contributed by atoms with Crippen LogP contribution in [0.1, 0.15) is 55.4 Å². The van der Waals surface area contributed by atoms with E-state index < -0.39 is 41.8 Å². The second-order valence-corrected chi connectivity index (χ2v) is 6.00. The van der Waals surface area contributed by atoms with Gasteiger partial charge < -0.3 is 34.8 Å². The van der Waals surface area contributed by atoms with Crippen molar-refractivity contribution >= 4 is 35.3 Å². The molecule has 0 bridgehead atoms. The van der Waals surface area contributed by atoms with E-state index >= 15 is 0 Å². The number of carboxylic acids is 3. The van der Waals surface area contributed by atoms with Gasteiger partial charge in [0.2, 0.25) is 0 Å². The summed E-state index contributed by atoms with van der Waals surface area (Å²) in [4.78, 5) is 59.9. The van der Waals surface area contributed by atoms with E-state index in [4.69, 9.17) is 0 Å². The molecule has 0 aromatic rings. The van der Waals surface area contributed by atoms with E-state index in [1.807, 2.05) is 0 Å². The monoisotopic (exact) mass is 494 g/mol. The number of aliphatic carboxylic acids is 3. The molecule has 0 rings (SSSR count). The van der Waals surface area contributed by atoms with Gasteiger partial charge in [-0.25, -0.2) is 0 Å². The third-order valence-electron chi connectivity index (χ3n) is 2.89. The molecule has 0 N–H and O–H groups in total. The molecule has 10 nitrogen and oxygen atoms in total. The van der Waals surface area contributed by atoms with Gasteiger partial charge in [0.25, 0.3) is 0 Å². The molecule has 0 spiro atoms. The first-order valence-corrected chi connectivity index (χ1v) is 8.19. The summed E-state index contributed by atoms with van der Waals surface area (Å²) in [6, 6.07) is 0. The van der Waals surface area contributed by atoms with Gasteiger partial charge >= 0.3 is 26.2 Å². The van der Waals surface area contributed by atoms with Crippen molar-refractivity contribution in [2.45, 2.75) is 61.5 Å². The molecule has 0 saturated carbocycles. The van der Waals surface area contributed by atoms with Crippen LogP contribution >= 0.6 is 0 Å². The van der Waals surface area contributed by atoms with Crippen LogP contribution in [-0.2, 0) is 55.0 Å². The molecule has 0 saturated heterocycles. The summed E-state index contributed by atoms with van der Waals surface area (Å²) in [6.45, 7) is 10.8. The summed E-state index contributed by atoms with van der Waals surface area (Å²) >= 11 is 0. The molecule has 0 fully saturated rings. The van der Waals surface area contributed by atoms with Crippen molar-refractivity contribution < 1.29 is 75.4 Å². The Kier molecular flexibility index (Phi) is 27.5. The van der Waals surface area contributed by atoms with E-state index in [2.05, 4.69) is 0 Å². The van der Waals surface area contributed by atoms with Gasteiger partial charge in [-0.05, 0) is 20.8 Å². The number of carbonyl (C=O) groups is 6. The Labute approximate surface area is 189 Å². The fraction of sp³-hybridized carbons (Fsp3) is 0.667. The molecule has 0 heterocycles. The summed E-state index contributed by atoms with van der Waals surface area (Å²) in [5.74, 6) is -7.92. The Bertz CT molecular complexity index is 427. The molecule has 0 amide bonds. The molecular weight excluding hydrogens is 467 g/mol. The largest absolute Gasteiger partial charge is 4.00 e. The van der Waals surface area contributed by atoms with Gasteiger partial charge in [-0.15, -0.1) is 6.10 Å². The standard InChI is InChI=1S/3C5H8O3.C3H7O.Zr/c3*1-3(4(2)6)5(7)8;1-3(2)4;/h3*3H,1-2H3,(H,7,8);3H,1-2H3;/q;;;-1;+4/p-3. The second-order valence-electron chi connectivity index (χ2n) is 6.00. The number of carbonyl (C=O) groups excluding carboxylic acids is 6. The van der Waals surface area contributed by atoms with Crippen LogP contribution in [0.4, 0.5) is 0 Å². The maximum absolute atomic E-state index is 10.2. The first kappa shape index (κ1) is 37.9. The third-order valence-corrected chi connectivity index (χ3v) is 2.89. The minimum Gasteiger partial charge on any atom is -0.852 e. The van der Waals surface area contributed by atoms with Crippen LogP contribution in [0.5, 0.6) is 0 Å². The molecular formula is C18H28O10Zr. The predicted octanol–water partition coefficient (Wildman–Crippen LogP) is -3.36. The summed E-state index contributed by atoms with van der Waals surface area (Å²) in [5, 5.41) is 39.0. The Morgan fingerprint density at radius 3 is 0.621 bits per heavy atom. The number of hydrogen-bond acceptors (Lipinski definition) is 10. The molecule has 0 aromatic carbocycles. The van der Waals surface area contributed by atoms with Crippen LogP contribution < -0.4 is 20.4 Å². The maximum Gasteiger partial charge on any atom is 4.00 e. The molecule has 0 aliphatic carbocycles. The quantitative estimate of drug-likeness (QED) is 0.336. The Hall–Kier alpha value is -1.74. The van der Waals surface area contributed by atoms with Gasteiger partial charge in [0.05, 0.1) is 35.7 Å². The number of rotatable bonds is 6. The third kappa shape index (κ3) is 31.2. The van der Waals surface area contributed by atoms with Gasteiger partial charge in [0.1, 0.15) is 17.3 Å². The van der Waals surface area contributed by atoms with Gasteiger partial charge in [0, 0.05) is 0 Å². The first-order chi connectivity index (χ1) is 12.4. The molecule has 3 unspecified atom stereocenters. The molecule has 11 heteroatoms.